The Morgan fingerprint density at radius 1 is 1.46 bits per heavy atom. The van der Waals surface area contributed by atoms with Gasteiger partial charge in [0.1, 0.15) is 12.4 Å². The Morgan fingerprint density at radius 3 is 3.04 bits per heavy atom. The third-order valence-corrected chi connectivity index (χ3v) is 3.83. The molecule has 26 heavy (non-hydrogen) atoms. The van der Waals surface area contributed by atoms with E-state index in [4.69, 9.17) is 9.47 Å². The van der Waals surface area contributed by atoms with Crippen LogP contribution in [0.25, 0.3) is 0 Å². The van der Waals surface area contributed by atoms with Crippen molar-refractivity contribution in [2.45, 2.75) is 25.6 Å². The Bertz CT molecular complexity index is 760. The SMILES string of the molecule is Cn1nc(C(=O)Nc2cccc(OCC3CCCO3)c2)cc1OC(F)F. The Balaban J connectivity index is 1.61. The van der Waals surface area contributed by atoms with Gasteiger partial charge in [-0.25, -0.2) is 4.68 Å². The number of nitrogens with one attached hydrogen (secondary N) is 1. The number of carbonyl (C=O) groups excluding carboxylic acids is 1. The molecular weight excluding hydrogens is 348 g/mol. The van der Waals surface area contributed by atoms with Crippen LogP contribution < -0.4 is 14.8 Å². The first kappa shape index (κ1) is 18.1. The maximum Gasteiger partial charge on any atom is 0.388 e. The highest BCUT2D eigenvalue weighted by molar-refractivity contribution is 6.03. The molecule has 1 aromatic carbocycles. The van der Waals surface area contributed by atoms with Crippen molar-refractivity contribution in [2.24, 2.45) is 7.05 Å². The zero-order chi connectivity index (χ0) is 18.5. The summed E-state index contributed by atoms with van der Waals surface area (Å²) in [7, 11) is 1.41. The van der Waals surface area contributed by atoms with E-state index >= 15 is 0 Å². The summed E-state index contributed by atoms with van der Waals surface area (Å²) in [6, 6.07) is 8.03. The van der Waals surface area contributed by atoms with Gasteiger partial charge in [0.2, 0.25) is 5.88 Å². The van der Waals surface area contributed by atoms with Gasteiger partial charge in [-0.05, 0) is 25.0 Å². The molecule has 1 amide bonds. The van der Waals surface area contributed by atoms with E-state index in [0.29, 0.717) is 18.0 Å². The maximum absolute atomic E-state index is 12.3. The maximum atomic E-state index is 12.3. The molecule has 1 aliphatic heterocycles. The third-order valence-electron chi connectivity index (χ3n) is 3.83. The molecule has 0 spiro atoms. The Kier molecular flexibility index (Phi) is 5.67. The number of rotatable bonds is 7. The fourth-order valence-corrected chi connectivity index (χ4v) is 2.59. The van der Waals surface area contributed by atoms with Crippen molar-refractivity contribution < 1.29 is 27.8 Å². The smallest absolute Gasteiger partial charge is 0.388 e. The average molecular weight is 367 g/mol. The topological polar surface area (TPSA) is 74.6 Å². The number of alkyl halides is 2. The number of hydrogen-bond acceptors (Lipinski definition) is 5. The molecule has 1 fully saturated rings. The molecule has 2 aromatic rings. The van der Waals surface area contributed by atoms with Crippen molar-refractivity contribution >= 4 is 11.6 Å². The molecule has 0 radical (unpaired) electrons. The van der Waals surface area contributed by atoms with Gasteiger partial charge in [-0.15, -0.1) is 0 Å². The van der Waals surface area contributed by atoms with Gasteiger partial charge in [-0.1, -0.05) is 6.07 Å². The third kappa shape index (κ3) is 4.69. The lowest BCUT2D eigenvalue weighted by atomic mass is 10.2. The van der Waals surface area contributed by atoms with Crippen LogP contribution in [0.1, 0.15) is 23.3 Å². The number of ether oxygens (including phenoxy) is 3. The summed E-state index contributed by atoms with van der Waals surface area (Å²) >= 11 is 0. The van der Waals surface area contributed by atoms with Gasteiger partial charge in [0, 0.05) is 31.5 Å². The molecule has 140 valence electrons. The van der Waals surface area contributed by atoms with E-state index in [0.717, 1.165) is 30.2 Å². The van der Waals surface area contributed by atoms with Gasteiger partial charge in [0.25, 0.3) is 5.91 Å². The molecule has 1 atom stereocenters. The first-order valence-electron chi connectivity index (χ1n) is 8.16. The number of aromatic nitrogens is 2. The molecule has 1 aliphatic rings. The molecule has 7 nitrogen and oxygen atoms in total. The number of aryl methyl sites for hydroxylation is 1. The standard InChI is InChI=1S/C17H19F2N3O4/c1-22-15(26-17(18)19)9-14(21-22)16(23)20-11-4-2-5-12(8-11)25-10-13-6-3-7-24-13/h2,4-5,8-9,13,17H,3,6-7,10H2,1H3,(H,20,23). The van der Waals surface area contributed by atoms with Crippen LogP contribution in [0.2, 0.25) is 0 Å². The highest BCUT2D eigenvalue weighted by atomic mass is 19.3. The Labute approximate surface area is 148 Å². The van der Waals surface area contributed by atoms with Crippen LogP contribution in [-0.2, 0) is 11.8 Å². The number of hydrogen-bond donors (Lipinski definition) is 1. The monoisotopic (exact) mass is 367 g/mol. The van der Waals surface area contributed by atoms with Crippen molar-refractivity contribution in [1.29, 1.82) is 0 Å². The van der Waals surface area contributed by atoms with Crippen LogP contribution >= 0.6 is 0 Å². The molecule has 1 saturated heterocycles. The van der Waals surface area contributed by atoms with Gasteiger partial charge in [0.05, 0.1) is 6.10 Å². The minimum absolute atomic E-state index is 0.0335. The Morgan fingerprint density at radius 2 is 2.31 bits per heavy atom. The summed E-state index contributed by atoms with van der Waals surface area (Å²) in [6.45, 7) is -1.78. The quantitative estimate of drug-likeness (QED) is 0.815. The molecule has 0 saturated carbocycles. The van der Waals surface area contributed by atoms with Crippen LogP contribution in [0.5, 0.6) is 11.6 Å². The van der Waals surface area contributed by atoms with Crippen LogP contribution in [0.15, 0.2) is 30.3 Å². The Hall–Kier alpha value is -2.68. The number of halogens is 2. The molecule has 1 unspecified atom stereocenters. The van der Waals surface area contributed by atoms with Crippen LogP contribution in [0, 0.1) is 0 Å². The van der Waals surface area contributed by atoms with Gasteiger partial charge < -0.3 is 19.5 Å². The highest BCUT2D eigenvalue weighted by Gasteiger charge is 2.18. The van der Waals surface area contributed by atoms with E-state index < -0.39 is 12.5 Å². The van der Waals surface area contributed by atoms with E-state index in [-0.39, 0.29) is 17.7 Å². The van der Waals surface area contributed by atoms with Crippen molar-refractivity contribution in [2.75, 3.05) is 18.5 Å². The van der Waals surface area contributed by atoms with Crippen molar-refractivity contribution in [3.05, 3.63) is 36.0 Å². The van der Waals surface area contributed by atoms with Gasteiger partial charge >= 0.3 is 6.61 Å². The molecule has 3 rings (SSSR count). The number of carbonyl (C=O) groups is 1. The summed E-state index contributed by atoms with van der Waals surface area (Å²) < 4.78 is 41.1. The van der Waals surface area contributed by atoms with E-state index in [1.807, 2.05) is 0 Å². The summed E-state index contributed by atoms with van der Waals surface area (Å²) in [5.74, 6) is -0.138. The second-order valence-corrected chi connectivity index (χ2v) is 5.80. The fourth-order valence-electron chi connectivity index (χ4n) is 2.59. The number of anilines is 1. The predicted octanol–water partition coefficient (Wildman–Crippen LogP) is 2.83. The van der Waals surface area contributed by atoms with Crippen LogP contribution in [-0.4, -0.2) is 41.6 Å². The predicted molar refractivity (Wildman–Crippen MR) is 88.7 cm³/mol. The van der Waals surface area contributed by atoms with Gasteiger partial charge in [0.15, 0.2) is 5.69 Å². The number of amides is 1. The van der Waals surface area contributed by atoms with Crippen molar-refractivity contribution in [1.82, 2.24) is 9.78 Å². The summed E-state index contributed by atoms with van der Waals surface area (Å²) in [6.07, 6.45) is 2.10. The lowest BCUT2D eigenvalue weighted by molar-refractivity contribution is -0.0553. The summed E-state index contributed by atoms with van der Waals surface area (Å²) in [4.78, 5) is 12.3. The molecule has 0 bridgehead atoms. The number of benzene rings is 1. The molecule has 9 heteroatoms. The first-order chi connectivity index (χ1) is 12.5. The summed E-state index contributed by atoms with van der Waals surface area (Å²) in [5, 5.41) is 6.52. The van der Waals surface area contributed by atoms with Crippen LogP contribution in [0.3, 0.4) is 0 Å². The molecular formula is C17H19F2N3O4. The second kappa shape index (κ2) is 8.13. The minimum Gasteiger partial charge on any atom is -0.491 e. The van der Waals surface area contributed by atoms with E-state index in [1.54, 1.807) is 24.3 Å². The van der Waals surface area contributed by atoms with Gasteiger partial charge in [-0.2, -0.15) is 13.9 Å². The highest BCUT2D eigenvalue weighted by Crippen LogP contribution is 2.21. The molecule has 1 N–H and O–H groups in total. The lowest BCUT2D eigenvalue weighted by Gasteiger charge is -2.12. The first-order valence-corrected chi connectivity index (χ1v) is 8.16. The van der Waals surface area contributed by atoms with Crippen molar-refractivity contribution in [3.63, 3.8) is 0 Å². The zero-order valence-corrected chi connectivity index (χ0v) is 14.2. The second-order valence-electron chi connectivity index (χ2n) is 5.80. The van der Waals surface area contributed by atoms with Crippen LogP contribution in [0.4, 0.5) is 14.5 Å². The van der Waals surface area contributed by atoms with E-state index in [1.165, 1.54) is 7.05 Å². The van der Waals surface area contributed by atoms with Gasteiger partial charge in [-0.3, -0.25) is 4.79 Å². The zero-order valence-electron chi connectivity index (χ0n) is 14.2. The lowest BCUT2D eigenvalue weighted by Crippen LogP contribution is -2.16. The van der Waals surface area contributed by atoms with Crippen molar-refractivity contribution in [3.8, 4) is 11.6 Å². The van der Waals surface area contributed by atoms with E-state index in [9.17, 15) is 13.6 Å². The normalized spacial score (nSPS) is 16.7. The summed E-state index contributed by atoms with van der Waals surface area (Å²) in [5.41, 5.74) is 0.468. The fraction of sp³-hybridized carbons (Fsp3) is 0.412. The molecule has 0 aliphatic carbocycles. The minimum atomic E-state index is -2.99. The molecule has 1 aromatic heterocycles. The molecule has 2 heterocycles. The average Bonchev–Trinajstić information content (AvgIpc) is 3.23. The van der Waals surface area contributed by atoms with E-state index in [2.05, 4.69) is 15.2 Å². The number of nitrogens with zero attached hydrogens (tertiary/aromatic N) is 2. The largest absolute Gasteiger partial charge is 0.491 e.